The van der Waals surface area contributed by atoms with Crippen molar-refractivity contribution >= 4 is 0 Å². The molecule has 0 saturated carbocycles. The zero-order valence-corrected chi connectivity index (χ0v) is 8.70. The molecule has 1 fully saturated rings. The Morgan fingerprint density at radius 3 is 2.62 bits per heavy atom. The van der Waals surface area contributed by atoms with Gasteiger partial charge in [0.1, 0.15) is 0 Å². The molecule has 2 atom stereocenters. The Labute approximate surface area is 80.7 Å². The van der Waals surface area contributed by atoms with Crippen molar-refractivity contribution in [1.82, 2.24) is 4.90 Å². The van der Waals surface area contributed by atoms with Crippen LogP contribution in [0.5, 0.6) is 0 Å². The lowest BCUT2D eigenvalue weighted by Gasteiger charge is -2.31. The molecule has 0 aromatic carbocycles. The molecular formula is C10H21NO2. The van der Waals surface area contributed by atoms with Crippen LogP contribution >= 0.6 is 0 Å². The van der Waals surface area contributed by atoms with E-state index in [0.29, 0.717) is 5.92 Å². The summed E-state index contributed by atoms with van der Waals surface area (Å²) in [6.07, 6.45) is 0.640. The second-order valence-corrected chi connectivity index (χ2v) is 3.68. The van der Waals surface area contributed by atoms with Crippen LogP contribution in [0, 0.1) is 5.92 Å². The smallest absolute Gasteiger partial charge is 0.0624 e. The molecule has 0 aromatic heterocycles. The molecule has 1 saturated heterocycles. The minimum absolute atomic E-state index is 0.158. The van der Waals surface area contributed by atoms with Gasteiger partial charge in [0, 0.05) is 19.1 Å². The maximum Gasteiger partial charge on any atom is 0.0624 e. The lowest BCUT2D eigenvalue weighted by atomic mass is 9.98. The third kappa shape index (κ3) is 3.25. The molecule has 3 nitrogen and oxygen atoms in total. The van der Waals surface area contributed by atoms with Gasteiger partial charge >= 0.3 is 0 Å². The Morgan fingerprint density at radius 2 is 2.08 bits per heavy atom. The molecule has 0 spiro atoms. The van der Waals surface area contributed by atoms with Crippen LogP contribution in [0.1, 0.15) is 20.3 Å². The van der Waals surface area contributed by atoms with E-state index >= 15 is 0 Å². The topological polar surface area (TPSA) is 32.7 Å². The molecule has 0 bridgehead atoms. The first-order valence-corrected chi connectivity index (χ1v) is 5.26. The summed E-state index contributed by atoms with van der Waals surface area (Å²) in [5.41, 5.74) is 0. The first-order chi connectivity index (χ1) is 6.27. The van der Waals surface area contributed by atoms with Crippen molar-refractivity contribution in [2.45, 2.75) is 26.4 Å². The van der Waals surface area contributed by atoms with Gasteiger partial charge in [-0.1, -0.05) is 13.8 Å². The Kier molecular flexibility index (Phi) is 4.70. The Balaban J connectivity index is 2.32. The molecule has 0 aromatic rings. The Morgan fingerprint density at radius 1 is 1.38 bits per heavy atom. The summed E-state index contributed by atoms with van der Waals surface area (Å²) in [5.74, 6) is 0.314. The quantitative estimate of drug-likeness (QED) is 0.704. The summed E-state index contributed by atoms with van der Waals surface area (Å²) >= 11 is 0. The van der Waals surface area contributed by atoms with E-state index in [0.717, 1.165) is 39.3 Å². The molecule has 1 N–H and O–H groups in total. The van der Waals surface area contributed by atoms with Gasteiger partial charge in [-0.15, -0.1) is 0 Å². The third-order valence-electron chi connectivity index (χ3n) is 2.82. The van der Waals surface area contributed by atoms with E-state index in [9.17, 15) is 5.11 Å². The highest BCUT2D eigenvalue weighted by molar-refractivity contribution is 4.75. The van der Waals surface area contributed by atoms with Crippen LogP contribution in [0.15, 0.2) is 0 Å². The van der Waals surface area contributed by atoms with E-state index in [1.165, 1.54) is 0 Å². The monoisotopic (exact) mass is 187 g/mol. The fourth-order valence-corrected chi connectivity index (χ4v) is 1.77. The van der Waals surface area contributed by atoms with Gasteiger partial charge in [-0.3, -0.25) is 0 Å². The van der Waals surface area contributed by atoms with Gasteiger partial charge in [0.2, 0.25) is 0 Å². The summed E-state index contributed by atoms with van der Waals surface area (Å²) in [7, 11) is 0. The van der Waals surface area contributed by atoms with Gasteiger partial charge in [-0.05, 0) is 19.5 Å². The van der Waals surface area contributed by atoms with Gasteiger partial charge in [-0.25, -0.2) is 0 Å². The molecule has 1 heterocycles. The second-order valence-electron chi connectivity index (χ2n) is 3.68. The molecule has 0 aliphatic carbocycles. The van der Waals surface area contributed by atoms with Crippen molar-refractivity contribution in [1.29, 1.82) is 0 Å². The second kappa shape index (κ2) is 5.58. The highest BCUT2D eigenvalue weighted by atomic mass is 16.5. The molecule has 1 aliphatic heterocycles. The zero-order chi connectivity index (χ0) is 9.68. The molecule has 78 valence electrons. The fourth-order valence-electron chi connectivity index (χ4n) is 1.77. The molecular weight excluding hydrogens is 166 g/mol. The fraction of sp³-hybridized carbons (Fsp3) is 1.00. The Hall–Kier alpha value is -0.120. The van der Waals surface area contributed by atoms with E-state index in [4.69, 9.17) is 4.74 Å². The van der Waals surface area contributed by atoms with Crippen molar-refractivity contribution in [3.05, 3.63) is 0 Å². The number of nitrogens with zero attached hydrogens (tertiary/aromatic N) is 1. The molecule has 1 aliphatic rings. The number of aliphatic hydroxyl groups excluding tert-OH is 1. The summed E-state index contributed by atoms with van der Waals surface area (Å²) in [4.78, 5) is 2.34. The number of hydrogen-bond acceptors (Lipinski definition) is 3. The van der Waals surface area contributed by atoms with Crippen LogP contribution in [0.25, 0.3) is 0 Å². The predicted molar refractivity (Wildman–Crippen MR) is 52.7 cm³/mol. The van der Waals surface area contributed by atoms with Crippen LogP contribution in [0.4, 0.5) is 0 Å². The average Bonchev–Trinajstić information content (AvgIpc) is 2.17. The highest BCUT2D eigenvalue weighted by Gasteiger charge is 2.24. The van der Waals surface area contributed by atoms with Crippen LogP contribution in [0.2, 0.25) is 0 Å². The van der Waals surface area contributed by atoms with Crippen molar-refractivity contribution in [3.8, 4) is 0 Å². The van der Waals surface area contributed by atoms with Gasteiger partial charge in [-0.2, -0.15) is 0 Å². The van der Waals surface area contributed by atoms with E-state index in [1.807, 2.05) is 0 Å². The van der Waals surface area contributed by atoms with Gasteiger partial charge in [0.15, 0.2) is 0 Å². The van der Waals surface area contributed by atoms with E-state index in [2.05, 4.69) is 18.7 Å². The standard InChI is InChI=1S/C10H21NO2/c1-3-11(4-2)7-9-8-13-6-5-10(9)12/h9-10,12H,3-8H2,1-2H3. The van der Waals surface area contributed by atoms with Crippen LogP contribution in [-0.2, 0) is 4.74 Å². The first kappa shape index (κ1) is 11.0. The number of ether oxygens (including phenoxy) is 1. The maximum absolute atomic E-state index is 9.70. The predicted octanol–water partition coefficient (Wildman–Crippen LogP) is 0.726. The first-order valence-electron chi connectivity index (χ1n) is 5.26. The zero-order valence-electron chi connectivity index (χ0n) is 8.70. The molecule has 13 heavy (non-hydrogen) atoms. The van der Waals surface area contributed by atoms with Crippen molar-refractivity contribution < 1.29 is 9.84 Å². The van der Waals surface area contributed by atoms with Crippen molar-refractivity contribution in [3.63, 3.8) is 0 Å². The van der Waals surface area contributed by atoms with Crippen molar-refractivity contribution in [2.24, 2.45) is 5.92 Å². The number of aliphatic hydroxyl groups is 1. The highest BCUT2D eigenvalue weighted by Crippen LogP contribution is 2.15. The molecule has 3 heteroatoms. The van der Waals surface area contributed by atoms with Crippen LogP contribution < -0.4 is 0 Å². The van der Waals surface area contributed by atoms with E-state index in [-0.39, 0.29) is 6.10 Å². The molecule has 0 radical (unpaired) electrons. The summed E-state index contributed by atoms with van der Waals surface area (Å²) in [5, 5.41) is 9.70. The van der Waals surface area contributed by atoms with E-state index in [1.54, 1.807) is 0 Å². The Bertz CT molecular complexity index is 137. The minimum atomic E-state index is -0.158. The number of rotatable bonds is 4. The summed E-state index contributed by atoms with van der Waals surface area (Å²) < 4.78 is 5.36. The lowest BCUT2D eigenvalue weighted by Crippen LogP contribution is -2.40. The summed E-state index contributed by atoms with van der Waals surface area (Å²) in [6.45, 7) is 8.82. The van der Waals surface area contributed by atoms with E-state index < -0.39 is 0 Å². The minimum Gasteiger partial charge on any atom is -0.393 e. The summed E-state index contributed by atoms with van der Waals surface area (Å²) in [6, 6.07) is 0. The molecule has 1 rings (SSSR count). The third-order valence-corrected chi connectivity index (χ3v) is 2.82. The van der Waals surface area contributed by atoms with Crippen molar-refractivity contribution in [2.75, 3.05) is 32.8 Å². The van der Waals surface area contributed by atoms with Gasteiger partial charge in [0.05, 0.1) is 12.7 Å². The number of hydrogen-bond donors (Lipinski definition) is 1. The van der Waals surface area contributed by atoms with Crippen LogP contribution in [0.3, 0.4) is 0 Å². The van der Waals surface area contributed by atoms with Gasteiger partial charge in [0.25, 0.3) is 0 Å². The largest absolute Gasteiger partial charge is 0.393 e. The lowest BCUT2D eigenvalue weighted by molar-refractivity contribution is -0.0457. The van der Waals surface area contributed by atoms with Crippen LogP contribution in [-0.4, -0.2) is 49.0 Å². The normalized spacial score (nSPS) is 29.5. The maximum atomic E-state index is 9.70. The molecule has 0 amide bonds. The average molecular weight is 187 g/mol. The van der Waals surface area contributed by atoms with Gasteiger partial charge < -0.3 is 14.7 Å². The SMILES string of the molecule is CCN(CC)CC1COCCC1O. The molecule has 2 unspecified atom stereocenters.